The summed E-state index contributed by atoms with van der Waals surface area (Å²) < 4.78 is 30.4. The number of carbonyl (C=O) groups excluding carboxylic acids is 2. The highest BCUT2D eigenvalue weighted by molar-refractivity contribution is 9.11. The number of ether oxygens (including phenoxy) is 4. The maximum atomic E-state index is 11.1. The second kappa shape index (κ2) is 42.6. The molecule has 3 heterocycles. The molecule has 3 aliphatic heterocycles. The van der Waals surface area contributed by atoms with Crippen molar-refractivity contribution < 1.29 is 43.7 Å². The molecule has 0 unspecified atom stereocenters. The van der Waals surface area contributed by atoms with E-state index in [-0.39, 0.29) is 57.6 Å². The molecule has 18 nitrogen and oxygen atoms in total. The number of rotatable bonds is 13. The molecule has 14 aromatic carbocycles. The van der Waals surface area contributed by atoms with Crippen molar-refractivity contribution in [1.82, 2.24) is 0 Å². The van der Waals surface area contributed by atoms with Crippen LogP contribution in [0.2, 0.25) is 0 Å². The Hall–Kier alpha value is -16.5. The summed E-state index contributed by atoms with van der Waals surface area (Å²) in [7, 11) is 4.78. The van der Waals surface area contributed by atoms with Crippen LogP contribution < -0.4 is 10.2 Å². The highest BCUT2D eigenvalue weighted by Gasteiger charge is 2.41. The lowest BCUT2D eigenvalue weighted by Gasteiger charge is -2.21. The number of aldehydes is 2. The fraction of sp³-hybridized carbons (Fsp3) is 0.108. The Morgan fingerprint density at radius 2 is 0.722 bits per heavy atom. The zero-order valence-corrected chi connectivity index (χ0v) is 76.4. The lowest BCUT2D eigenvalue weighted by molar-refractivity contribution is 0.0926. The summed E-state index contributed by atoms with van der Waals surface area (Å²) in [5.41, 5.74) is 11.9. The van der Waals surface area contributed by atoms with Crippen LogP contribution in [0.4, 0.5) is 0 Å². The van der Waals surface area contributed by atoms with Crippen molar-refractivity contribution in [2.45, 2.75) is 65.3 Å². The van der Waals surface area contributed by atoms with E-state index in [1.807, 2.05) is 167 Å². The van der Waals surface area contributed by atoms with Crippen LogP contribution in [0.1, 0.15) is 80.3 Å². The lowest BCUT2D eigenvalue weighted by atomic mass is 9.80. The van der Waals surface area contributed by atoms with Gasteiger partial charge in [-0.1, -0.05) is 279 Å². The molecule has 133 heavy (non-hydrogen) atoms. The normalized spacial score (nSPS) is 13.9. The first kappa shape index (κ1) is 94.1. The number of carbonyl (C=O) groups is 2. The van der Waals surface area contributed by atoms with E-state index in [2.05, 4.69) is 211 Å². The fourth-order valence-corrected chi connectivity index (χ4v) is 17.2. The second-order valence-electron chi connectivity index (χ2n) is 31.6. The van der Waals surface area contributed by atoms with E-state index in [9.17, 15) is 30.6 Å². The lowest BCUT2D eigenvalue weighted by Crippen LogP contribution is -2.29. The van der Waals surface area contributed by atoms with Crippen LogP contribution in [0, 0.1) is 87.7 Å². The molecule has 0 aromatic heterocycles. The Labute approximate surface area is 790 Å². The minimum atomic E-state index is -1.40. The van der Waals surface area contributed by atoms with Crippen molar-refractivity contribution >= 4 is 142 Å². The molecular weight excluding hydrogens is 1780 g/mol. The first-order chi connectivity index (χ1) is 64.7. The molecule has 0 aliphatic carbocycles. The molecule has 0 fully saturated rings. The number of halogens is 2. The number of benzene rings is 14. The molecule has 17 rings (SSSR count). The molecule has 3 aliphatic rings. The summed E-state index contributed by atoms with van der Waals surface area (Å²) in [5, 5.41) is 90.6. The Morgan fingerprint density at radius 3 is 1.00 bits per heavy atom. The van der Waals surface area contributed by atoms with Crippen molar-refractivity contribution in [2.75, 3.05) is 13.6 Å². The second-order valence-corrected chi connectivity index (χ2v) is 33.1. The van der Waals surface area contributed by atoms with Crippen LogP contribution in [0.25, 0.3) is 136 Å². The van der Waals surface area contributed by atoms with Gasteiger partial charge in [0.15, 0.2) is 28.4 Å². The Bertz CT molecular complexity index is 7110. The van der Waals surface area contributed by atoms with E-state index in [0.29, 0.717) is 33.5 Å². The fourth-order valence-electron chi connectivity index (χ4n) is 15.8. The van der Waals surface area contributed by atoms with Crippen molar-refractivity contribution in [1.29, 1.82) is 33.0 Å². The van der Waals surface area contributed by atoms with E-state index in [1.54, 1.807) is 64.3 Å². The Morgan fingerprint density at radius 1 is 0.429 bits per heavy atom. The number of methoxy groups -OCH3 is 1. The van der Waals surface area contributed by atoms with Crippen LogP contribution in [-0.2, 0) is 14.2 Å². The average Bonchev–Trinajstić information content (AvgIpc) is 1.14. The SMILES string of the molecule is Brc1c2ccccc2c(Br)c2ccccc12.COc1ccc(B(O)O)cc1.O=Cc1ccc(-c2c3ccccc3c(-c3ccc(C=O)cc3)c3ccccc23)cc1.[2H]OC[B].[C-]#[N+]C1=C(/C=C/c2ccc(-c3c4ccccc4c(-c4ccc(/C=C/C5=C(C#N)C(=C(\C#N)[N+]#[C-])/OC5(C)C)cc4)c4ccccc34)cc2)C(C)(C)OC1=C(C#N)C#N.[C-]#[N+]C1=C(C)C(C)(C)OC1=C(C#N)C#N. The summed E-state index contributed by atoms with van der Waals surface area (Å²) in [6, 6.07) is 100. The number of aliphatic hydroxyl groups is 1. The van der Waals surface area contributed by atoms with E-state index in [4.69, 9.17) is 60.7 Å². The zero-order chi connectivity index (χ0) is 96.1. The van der Waals surface area contributed by atoms with Crippen molar-refractivity contribution in [3.8, 4) is 86.7 Å². The van der Waals surface area contributed by atoms with Gasteiger partial charge >= 0.3 is 12.8 Å². The Balaban J connectivity index is 0.000000174. The van der Waals surface area contributed by atoms with Gasteiger partial charge in [-0.2, -0.15) is 26.3 Å². The third-order valence-electron chi connectivity index (χ3n) is 22.5. The van der Waals surface area contributed by atoms with Crippen LogP contribution in [-0.4, -0.2) is 74.5 Å². The largest absolute Gasteiger partial charge is 0.497 e. The van der Waals surface area contributed by atoms with Gasteiger partial charge in [-0.05, 0) is 224 Å². The minimum absolute atomic E-state index is 0.0139. The summed E-state index contributed by atoms with van der Waals surface area (Å²) in [4.78, 5) is 32.4. The van der Waals surface area contributed by atoms with Crippen molar-refractivity contribution in [3.63, 3.8) is 0 Å². The summed E-state index contributed by atoms with van der Waals surface area (Å²) in [6.45, 7) is 34.7. The number of allylic oxidation sites excluding steroid dienone is 4. The van der Waals surface area contributed by atoms with E-state index >= 15 is 0 Å². The molecule has 2 radical (unpaired) electrons. The van der Waals surface area contributed by atoms with Crippen LogP contribution >= 0.6 is 31.9 Å². The van der Waals surface area contributed by atoms with Gasteiger partial charge in [-0.3, -0.25) is 9.59 Å². The van der Waals surface area contributed by atoms with Gasteiger partial charge < -0.3 is 34.1 Å². The summed E-state index contributed by atoms with van der Waals surface area (Å²) >= 11 is 7.39. The molecule has 0 saturated carbocycles. The third kappa shape index (κ3) is 20.3. The molecule has 0 amide bonds. The first-order valence-corrected chi connectivity index (χ1v) is 42.9. The number of hydrogen-bond donors (Lipinski definition) is 3. The van der Waals surface area contributed by atoms with E-state index in [1.165, 1.54) is 30.5 Å². The van der Waals surface area contributed by atoms with Crippen molar-refractivity contribution in [3.05, 3.63) is 412 Å². The van der Waals surface area contributed by atoms with Crippen LogP contribution in [0.15, 0.2) is 356 Å². The average molecular weight is 1870 g/mol. The summed E-state index contributed by atoms with van der Waals surface area (Å²) in [5.74, 6) is 0.848. The highest BCUT2D eigenvalue weighted by atomic mass is 79.9. The molecule has 14 aromatic rings. The van der Waals surface area contributed by atoms with Crippen LogP contribution in [0.5, 0.6) is 5.75 Å². The number of fused-ring (bicyclic) bond motifs is 6. The van der Waals surface area contributed by atoms with Gasteiger partial charge in [0, 0.05) is 37.7 Å². The standard InChI is InChI=1S/C50H32N6O2.C28H18O2.C14H8Br2.C11H9N3O.C7H9BO3.CH3BO/c1-49(2)41(40(29-53)48(58-49)43(30-54)55-5)25-19-31-15-21-33(22-16-31)44-36-11-7-9-13-38(36)45(39-14-10-8-12-37(39)44)34-23-17-32(18-24-34)20-26-42-46(56-6)47(35(27-51)28-52)57-50(42,3)4;29-17-19-9-13-21(14-10-19)27-23-5-1-2-6-24(23)28(26-8-4-3-7-25(26)27)22-15-11-20(18-30)12-16-22;15-13-9-5-1-2-6-10(9)14(16)12-8-4-3-7-11(12)13;1-7-9(14-4)10(8(5-12)6-13)15-11(7,2)3;1-11-7-4-2-6(3-5-7)8(9)10;2-1-3/h7-26H,1-4H3;1-18H;1-8H;1-3H3;2-5,9-10H,1H3;3H,1H2/b25-19+,26-20+,48-43-;;;;;/i;;;;;3D. The van der Waals surface area contributed by atoms with Gasteiger partial charge in [0.05, 0.1) is 38.5 Å². The molecule has 22 heteroatoms. The van der Waals surface area contributed by atoms with Gasteiger partial charge in [0.1, 0.15) is 73.3 Å². The maximum absolute atomic E-state index is 11.1. The zero-order valence-electron chi connectivity index (χ0n) is 74.3. The Kier molecular flexibility index (Phi) is 30.1. The minimum Gasteiger partial charge on any atom is -0.497 e. The monoisotopic (exact) mass is 1860 g/mol. The predicted molar refractivity (Wildman–Crippen MR) is 533 cm³/mol. The molecule has 0 atom stereocenters. The molecule has 0 saturated heterocycles. The molecule has 0 bridgehead atoms. The predicted octanol–water partition coefficient (Wildman–Crippen LogP) is 25.2. The molecule has 3 N–H and O–H groups in total. The number of hydrogen-bond acceptors (Lipinski definition) is 15. The molecular formula is C111H79B2Br2N9O9. The number of nitriles is 6. The van der Waals surface area contributed by atoms with Crippen molar-refractivity contribution in [2.24, 2.45) is 0 Å². The highest BCUT2D eigenvalue weighted by Crippen LogP contribution is 2.49. The van der Waals surface area contributed by atoms with E-state index in [0.717, 1.165) is 117 Å². The quantitative estimate of drug-likeness (QED) is 0.0318. The smallest absolute Gasteiger partial charge is 0.488 e. The van der Waals surface area contributed by atoms with Crippen LogP contribution in [0.3, 0.4) is 0 Å². The van der Waals surface area contributed by atoms with Gasteiger partial charge in [0.25, 0.3) is 0 Å². The number of nitrogens with zero attached hydrogens (tertiary/aromatic N) is 9. The maximum Gasteiger partial charge on any atom is 0.488 e. The van der Waals surface area contributed by atoms with Gasteiger partial charge in [-0.25, -0.2) is 19.8 Å². The van der Waals surface area contributed by atoms with Gasteiger partial charge in [-0.15, -0.1) is 0 Å². The summed E-state index contributed by atoms with van der Waals surface area (Å²) in [6.07, 6.45) is 9.19. The number of aliphatic hydroxyl groups excluding tert-OH is 1. The first-order valence-electron chi connectivity index (χ1n) is 41.7. The third-order valence-corrected chi connectivity index (χ3v) is 24.2. The van der Waals surface area contributed by atoms with Gasteiger partial charge in [0.2, 0.25) is 12.8 Å². The topological polar surface area (TPSA) is 288 Å². The molecule has 642 valence electrons. The molecule has 0 spiro atoms. The van der Waals surface area contributed by atoms with E-state index < -0.39 is 23.9 Å².